The molecule has 0 spiro atoms. The van der Waals surface area contributed by atoms with Gasteiger partial charge in [-0.15, -0.1) is 0 Å². The molecule has 1 aromatic carbocycles. The van der Waals surface area contributed by atoms with E-state index in [1.54, 1.807) is 12.0 Å². The molecule has 2 atom stereocenters. The monoisotopic (exact) mass is 545 g/mol. The summed E-state index contributed by atoms with van der Waals surface area (Å²) in [6.45, 7) is 6.09. The SMILES string of the molecule is COCCn1c(=NC(=O)CS(=O)(=O)CC(=O)N2CC(C)CC(C)C2)sc2cc(Br)ccc21. The average Bonchev–Trinajstić information content (AvgIpc) is 3.00. The molecule has 0 radical (unpaired) electrons. The Morgan fingerprint density at radius 3 is 2.56 bits per heavy atom. The number of fused-ring (bicyclic) bond motifs is 1. The number of thiazole rings is 1. The molecule has 1 aliphatic rings. The fourth-order valence-corrected chi connectivity index (χ4v) is 6.78. The summed E-state index contributed by atoms with van der Waals surface area (Å²) < 4.78 is 33.9. The van der Waals surface area contributed by atoms with Gasteiger partial charge in [0.15, 0.2) is 14.6 Å². The van der Waals surface area contributed by atoms with E-state index < -0.39 is 33.2 Å². The molecule has 11 heteroatoms. The van der Waals surface area contributed by atoms with Crippen LogP contribution in [0.3, 0.4) is 0 Å². The van der Waals surface area contributed by atoms with Crippen LogP contribution in [0.5, 0.6) is 0 Å². The Labute approximate surface area is 200 Å². The van der Waals surface area contributed by atoms with Crippen LogP contribution >= 0.6 is 27.3 Å². The van der Waals surface area contributed by atoms with E-state index in [0.717, 1.165) is 21.1 Å². The van der Waals surface area contributed by atoms with Crippen LogP contribution in [-0.2, 0) is 30.7 Å². The molecule has 1 aromatic heterocycles. The van der Waals surface area contributed by atoms with Crippen LogP contribution in [0.2, 0.25) is 0 Å². The molecule has 2 unspecified atom stereocenters. The van der Waals surface area contributed by atoms with E-state index in [1.807, 2.05) is 22.8 Å². The van der Waals surface area contributed by atoms with Crippen LogP contribution in [-0.4, -0.2) is 68.0 Å². The molecule has 0 bridgehead atoms. The Hall–Kier alpha value is -1.56. The van der Waals surface area contributed by atoms with E-state index in [9.17, 15) is 18.0 Å². The maximum absolute atomic E-state index is 12.6. The second-order valence-corrected chi connectivity index (χ2v) is 12.4. The van der Waals surface area contributed by atoms with Crippen molar-refractivity contribution in [1.82, 2.24) is 9.47 Å². The number of piperidine rings is 1. The molecule has 0 saturated carbocycles. The van der Waals surface area contributed by atoms with E-state index in [0.29, 0.717) is 42.9 Å². The maximum Gasteiger partial charge on any atom is 0.263 e. The lowest BCUT2D eigenvalue weighted by Crippen LogP contribution is -2.45. The van der Waals surface area contributed by atoms with Crippen molar-refractivity contribution >= 4 is 59.1 Å². The third kappa shape index (κ3) is 6.49. The number of hydrogen-bond donors (Lipinski definition) is 0. The molecule has 8 nitrogen and oxygen atoms in total. The molecule has 0 N–H and O–H groups in total. The van der Waals surface area contributed by atoms with E-state index in [4.69, 9.17) is 4.74 Å². The van der Waals surface area contributed by atoms with Gasteiger partial charge in [0, 0.05) is 31.2 Å². The molecule has 1 aliphatic heterocycles. The number of sulfone groups is 1. The first-order chi connectivity index (χ1) is 15.1. The highest BCUT2D eigenvalue weighted by Gasteiger charge is 2.29. The van der Waals surface area contributed by atoms with Crippen molar-refractivity contribution in [3.8, 4) is 0 Å². The number of hydrogen-bond acceptors (Lipinski definition) is 6. The van der Waals surface area contributed by atoms with Crippen molar-refractivity contribution in [3.63, 3.8) is 0 Å². The second-order valence-electron chi connectivity index (χ2n) is 8.42. The van der Waals surface area contributed by atoms with Crippen LogP contribution in [0.25, 0.3) is 10.2 Å². The molecule has 3 rings (SSSR count). The summed E-state index contributed by atoms with van der Waals surface area (Å²) in [5.74, 6) is -2.03. The van der Waals surface area contributed by atoms with Gasteiger partial charge in [-0.2, -0.15) is 4.99 Å². The Morgan fingerprint density at radius 2 is 1.91 bits per heavy atom. The van der Waals surface area contributed by atoms with Crippen molar-refractivity contribution in [2.24, 2.45) is 16.8 Å². The summed E-state index contributed by atoms with van der Waals surface area (Å²) >= 11 is 4.73. The lowest BCUT2D eigenvalue weighted by atomic mass is 9.92. The summed E-state index contributed by atoms with van der Waals surface area (Å²) in [5, 5.41) is 0. The first-order valence-electron chi connectivity index (χ1n) is 10.4. The number of nitrogens with zero attached hydrogens (tertiary/aromatic N) is 3. The number of benzene rings is 1. The molecule has 2 aromatic rings. The molecule has 1 fully saturated rings. The summed E-state index contributed by atoms with van der Waals surface area (Å²) in [5.41, 5.74) is 0.883. The Bertz CT molecular complexity index is 1160. The number of ether oxygens (including phenoxy) is 1. The van der Waals surface area contributed by atoms with Crippen LogP contribution in [0.15, 0.2) is 27.7 Å². The van der Waals surface area contributed by atoms with Gasteiger partial charge in [-0.05, 0) is 36.5 Å². The van der Waals surface area contributed by atoms with Gasteiger partial charge in [0.2, 0.25) is 5.91 Å². The van der Waals surface area contributed by atoms with Gasteiger partial charge < -0.3 is 14.2 Å². The number of halogens is 1. The Balaban J connectivity index is 1.77. The smallest absolute Gasteiger partial charge is 0.263 e. The van der Waals surface area contributed by atoms with Gasteiger partial charge in [-0.1, -0.05) is 41.1 Å². The van der Waals surface area contributed by atoms with Gasteiger partial charge in [0.05, 0.1) is 16.8 Å². The minimum absolute atomic E-state index is 0.331. The number of carbonyl (C=O) groups is 2. The van der Waals surface area contributed by atoms with Crippen LogP contribution < -0.4 is 4.80 Å². The molecular formula is C21H28BrN3O5S2. The van der Waals surface area contributed by atoms with Crippen LogP contribution in [0, 0.1) is 11.8 Å². The number of rotatable bonds is 7. The first kappa shape index (κ1) is 25.1. The van der Waals surface area contributed by atoms with E-state index in [-0.39, 0.29) is 0 Å². The number of methoxy groups -OCH3 is 1. The minimum atomic E-state index is -3.92. The van der Waals surface area contributed by atoms with Crippen molar-refractivity contribution in [2.45, 2.75) is 26.8 Å². The van der Waals surface area contributed by atoms with Crippen molar-refractivity contribution in [2.75, 3.05) is 38.3 Å². The lowest BCUT2D eigenvalue weighted by molar-refractivity contribution is -0.131. The van der Waals surface area contributed by atoms with Crippen molar-refractivity contribution in [1.29, 1.82) is 0 Å². The highest BCUT2D eigenvalue weighted by Crippen LogP contribution is 2.23. The molecule has 2 heterocycles. The maximum atomic E-state index is 12.6. The third-order valence-electron chi connectivity index (χ3n) is 5.29. The molecule has 1 saturated heterocycles. The average molecular weight is 547 g/mol. The third-order valence-corrected chi connectivity index (χ3v) is 8.20. The van der Waals surface area contributed by atoms with Gasteiger partial charge in [0.1, 0.15) is 11.5 Å². The van der Waals surface area contributed by atoms with E-state index in [2.05, 4.69) is 34.8 Å². The van der Waals surface area contributed by atoms with Crippen LogP contribution in [0.4, 0.5) is 0 Å². The van der Waals surface area contributed by atoms with Gasteiger partial charge in [0.25, 0.3) is 5.91 Å². The molecule has 32 heavy (non-hydrogen) atoms. The summed E-state index contributed by atoms with van der Waals surface area (Å²) in [6, 6.07) is 5.72. The zero-order valence-electron chi connectivity index (χ0n) is 18.4. The predicted octanol–water partition coefficient (Wildman–Crippen LogP) is 2.46. The van der Waals surface area contributed by atoms with Gasteiger partial charge in [-0.3, -0.25) is 9.59 Å². The summed E-state index contributed by atoms with van der Waals surface area (Å²) in [4.78, 5) is 31.2. The quantitative estimate of drug-likeness (QED) is 0.532. The zero-order valence-corrected chi connectivity index (χ0v) is 21.6. The standard InChI is InChI=1S/C21H28BrN3O5S2/c1-14-8-15(2)11-24(10-14)20(27)13-32(28,29)12-19(26)23-21-25(6-7-30-3)17-5-4-16(22)9-18(17)31-21/h4-5,9,14-15H,6-8,10-13H2,1-3H3. The Morgan fingerprint density at radius 1 is 1.22 bits per heavy atom. The topological polar surface area (TPSA) is 98.0 Å². The number of amides is 2. The molecule has 2 amide bonds. The summed E-state index contributed by atoms with van der Waals surface area (Å²) in [6.07, 6.45) is 1.02. The largest absolute Gasteiger partial charge is 0.383 e. The summed E-state index contributed by atoms with van der Waals surface area (Å²) in [7, 11) is -2.34. The van der Waals surface area contributed by atoms with E-state index in [1.165, 1.54) is 11.3 Å². The lowest BCUT2D eigenvalue weighted by Gasteiger charge is -2.34. The van der Waals surface area contributed by atoms with Gasteiger partial charge >= 0.3 is 0 Å². The number of carbonyl (C=O) groups excluding carboxylic acids is 2. The minimum Gasteiger partial charge on any atom is -0.383 e. The first-order valence-corrected chi connectivity index (χ1v) is 13.8. The van der Waals surface area contributed by atoms with Gasteiger partial charge in [-0.25, -0.2) is 8.42 Å². The Kier molecular flexibility index (Phi) is 8.29. The highest BCUT2D eigenvalue weighted by atomic mass is 79.9. The van der Waals surface area contributed by atoms with E-state index >= 15 is 0 Å². The number of likely N-dealkylation sites (tertiary alicyclic amines) is 1. The fourth-order valence-electron chi connectivity index (χ4n) is 4.06. The molecule has 176 valence electrons. The normalized spacial score (nSPS) is 20.1. The highest BCUT2D eigenvalue weighted by molar-refractivity contribution is 9.10. The molecule has 0 aliphatic carbocycles. The fraction of sp³-hybridized carbons (Fsp3) is 0.571. The zero-order chi connectivity index (χ0) is 23.5. The molecular weight excluding hydrogens is 518 g/mol. The number of aromatic nitrogens is 1. The van der Waals surface area contributed by atoms with Crippen molar-refractivity contribution in [3.05, 3.63) is 27.5 Å². The van der Waals surface area contributed by atoms with Crippen molar-refractivity contribution < 1.29 is 22.7 Å². The predicted molar refractivity (Wildman–Crippen MR) is 128 cm³/mol. The second kappa shape index (κ2) is 10.6. The van der Waals surface area contributed by atoms with Crippen LogP contribution in [0.1, 0.15) is 20.3 Å².